The molecule has 1 aliphatic rings. The van der Waals surface area contributed by atoms with Crippen LogP contribution in [0, 0.1) is 5.82 Å². The van der Waals surface area contributed by atoms with Gasteiger partial charge in [-0.15, -0.1) is 11.3 Å². The number of ether oxygens (including phenoxy) is 2. The van der Waals surface area contributed by atoms with Crippen molar-refractivity contribution in [3.8, 4) is 11.5 Å². The minimum absolute atomic E-state index is 0.118. The number of amides is 2. The van der Waals surface area contributed by atoms with Gasteiger partial charge in [-0.1, -0.05) is 11.8 Å². The maximum atomic E-state index is 12.9. The van der Waals surface area contributed by atoms with Crippen LogP contribution in [0.15, 0.2) is 52.2 Å². The van der Waals surface area contributed by atoms with Crippen molar-refractivity contribution in [2.75, 3.05) is 29.6 Å². The number of aromatic nitrogens is 1. The van der Waals surface area contributed by atoms with Crippen LogP contribution < -0.4 is 20.1 Å². The Morgan fingerprint density at radius 2 is 1.71 bits per heavy atom. The smallest absolute Gasteiger partial charge is 0.234 e. The Kier molecular flexibility index (Phi) is 6.68. The zero-order chi connectivity index (χ0) is 21.6. The number of fused-ring (bicyclic) bond motifs is 1. The predicted molar refractivity (Wildman–Crippen MR) is 118 cm³/mol. The van der Waals surface area contributed by atoms with E-state index in [1.54, 1.807) is 23.6 Å². The van der Waals surface area contributed by atoms with E-state index in [0.717, 1.165) is 0 Å². The maximum Gasteiger partial charge on any atom is 0.234 e. The minimum Gasteiger partial charge on any atom is -0.486 e. The number of halogens is 1. The van der Waals surface area contributed by atoms with Crippen LogP contribution in [0.2, 0.25) is 0 Å². The topological polar surface area (TPSA) is 89.6 Å². The molecule has 2 amide bonds. The fourth-order valence-electron chi connectivity index (χ4n) is 2.78. The van der Waals surface area contributed by atoms with Gasteiger partial charge < -0.3 is 20.1 Å². The largest absolute Gasteiger partial charge is 0.486 e. The first-order valence-corrected chi connectivity index (χ1v) is 11.2. The molecule has 2 heterocycles. The fraction of sp³-hybridized carbons (Fsp3) is 0.190. The number of rotatable bonds is 7. The average Bonchev–Trinajstić information content (AvgIpc) is 3.21. The highest BCUT2D eigenvalue weighted by Gasteiger charge is 2.14. The van der Waals surface area contributed by atoms with Gasteiger partial charge in [-0.05, 0) is 36.4 Å². The second-order valence-electron chi connectivity index (χ2n) is 6.53. The molecular weight excluding hydrogens is 441 g/mol. The monoisotopic (exact) mass is 459 g/mol. The molecule has 0 spiro atoms. The van der Waals surface area contributed by atoms with E-state index >= 15 is 0 Å². The lowest BCUT2D eigenvalue weighted by Crippen LogP contribution is -2.17. The van der Waals surface area contributed by atoms with E-state index in [0.29, 0.717) is 46.1 Å². The number of anilines is 2. The van der Waals surface area contributed by atoms with Crippen LogP contribution in [0.5, 0.6) is 11.5 Å². The quantitative estimate of drug-likeness (QED) is 0.520. The Morgan fingerprint density at radius 1 is 1.00 bits per heavy atom. The van der Waals surface area contributed by atoms with Crippen molar-refractivity contribution in [2.45, 2.75) is 10.8 Å². The van der Waals surface area contributed by atoms with Crippen molar-refractivity contribution >= 4 is 46.3 Å². The lowest BCUT2D eigenvalue weighted by molar-refractivity contribution is -0.116. The molecule has 160 valence electrons. The van der Waals surface area contributed by atoms with Crippen LogP contribution in [0.25, 0.3) is 0 Å². The molecule has 0 radical (unpaired) electrons. The van der Waals surface area contributed by atoms with E-state index < -0.39 is 0 Å². The van der Waals surface area contributed by atoms with Crippen LogP contribution in [-0.4, -0.2) is 35.8 Å². The molecule has 7 nitrogen and oxygen atoms in total. The number of nitrogens with zero attached hydrogens (tertiary/aromatic N) is 1. The summed E-state index contributed by atoms with van der Waals surface area (Å²) in [5, 5.41) is 7.31. The van der Waals surface area contributed by atoms with Crippen molar-refractivity contribution in [3.05, 3.63) is 59.4 Å². The summed E-state index contributed by atoms with van der Waals surface area (Å²) in [5.41, 5.74) is 1.78. The molecule has 2 N–H and O–H groups in total. The first kappa shape index (κ1) is 21.1. The lowest BCUT2D eigenvalue weighted by Gasteiger charge is -2.18. The number of thiazole rings is 1. The molecule has 0 atom stereocenters. The molecular formula is C21H18FN3O4S2. The summed E-state index contributed by atoms with van der Waals surface area (Å²) in [6, 6.07) is 10.8. The van der Waals surface area contributed by atoms with Crippen LogP contribution in [-0.2, 0) is 16.0 Å². The summed E-state index contributed by atoms with van der Waals surface area (Å²) >= 11 is 2.65. The zero-order valence-corrected chi connectivity index (χ0v) is 17.9. The highest BCUT2D eigenvalue weighted by atomic mass is 32.2. The van der Waals surface area contributed by atoms with E-state index in [4.69, 9.17) is 9.47 Å². The SMILES string of the molecule is O=C(CSc1nc(CC(=O)Nc2ccc3c(c2)OCCO3)cs1)Nc1ccc(F)cc1. The Morgan fingerprint density at radius 3 is 2.52 bits per heavy atom. The molecule has 10 heteroatoms. The number of thioether (sulfide) groups is 1. The number of carbonyl (C=O) groups excluding carboxylic acids is 2. The molecule has 0 saturated carbocycles. The summed E-state index contributed by atoms with van der Waals surface area (Å²) in [5.74, 6) is 0.649. The van der Waals surface area contributed by atoms with Gasteiger partial charge in [-0.3, -0.25) is 9.59 Å². The van der Waals surface area contributed by atoms with E-state index in [1.807, 2.05) is 0 Å². The first-order chi connectivity index (χ1) is 15.0. The number of hydrogen-bond acceptors (Lipinski definition) is 7. The van der Waals surface area contributed by atoms with Gasteiger partial charge in [0.15, 0.2) is 15.8 Å². The summed E-state index contributed by atoms with van der Waals surface area (Å²) in [7, 11) is 0. The van der Waals surface area contributed by atoms with Crippen molar-refractivity contribution in [3.63, 3.8) is 0 Å². The summed E-state index contributed by atoms with van der Waals surface area (Å²) in [6.45, 7) is 0.988. The Labute approximate surface area is 186 Å². The third kappa shape index (κ3) is 5.96. The molecule has 0 aliphatic carbocycles. The van der Waals surface area contributed by atoms with Crippen molar-refractivity contribution in [1.29, 1.82) is 0 Å². The number of benzene rings is 2. The van der Waals surface area contributed by atoms with E-state index in [-0.39, 0.29) is 29.8 Å². The lowest BCUT2D eigenvalue weighted by atomic mass is 10.2. The average molecular weight is 460 g/mol. The molecule has 4 rings (SSSR count). The zero-order valence-electron chi connectivity index (χ0n) is 16.2. The van der Waals surface area contributed by atoms with Gasteiger partial charge in [0.25, 0.3) is 0 Å². The Bertz CT molecular complexity index is 1090. The highest BCUT2D eigenvalue weighted by Crippen LogP contribution is 2.32. The summed E-state index contributed by atoms with van der Waals surface area (Å²) in [6.07, 6.45) is 0.118. The second-order valence-corrected chi connectivity index (χ2v) is 8.61. The molecule has 0 unspecified atom stereocenters. The molecule has 1 aromatic heterocycles. The van der Waals surface area contributed by atoms with Crippen molar-refractivity contribution in [2.24, 2.45) is 0 Å². The molecule has 2 aromatic carbocycles. The van der Waals surface area contributed by atoms with Gasteiger partial charge >= 0.3 is 0 Å². The Hall–Kier alpha value is -3.11. The molecule has 0 fully saturated rings. The standard InChI is InChI=1S/C21H18FN3O4S2/c22-13-1-3-14(4-2-13)23-20(27)12-31-21-25-16(11-30-21)10-19(26)24-15-5-6-17-18(9-15)29-8-7-28-17/h1-6,9,11H,7-8,10,12H2,(H,23,27)(H,24,26). The minimum atomic E-state index is -0.360. The van der Waals surface area contributed by atoms with Gasteiger partial charge in [0, 0.05) is 22.8 Å². The summed E-state index contributed by atoms with van der Waals surface area (Å²) < 4.78 is 24.6. The fourth-order valence-corrected chi connectivity index (χ4v) is 4.43. The molecule has 1 aliphatic heterocycles. The highest BCUT2D eigenvalue weighted by molar-refractivity contribution is 8.01. The normalized spacial score (nSPS) is 12.3. The van der Waals surface area contributed by atoms with Crippen LogP contribution in [0.3, 0.4) is 0 Å². The molecule has 0 bridgehead atoms. The predicted octanol–water partition coefficient (Wildman–Crippen LogP) is 3.97. The number of hydrogen-bond donors (Lipinski definition) is 2. The van der Waals surface area contributed by atoms with Gasteiger partial charge in [-0.25, -0.2) is 9.37 Å². The second kappa shape index (κ2) is 9.80. The first-order valence-electron chi connectivity index (χ1n) is 9.37. The maximum absolute atomic E-state index is 12.9. The third-order valence-corrected chi connectivity index (χ3v) is 6.22. The third-order valence-electron chi connectivity index (χ3n) is 4.15. The van der Waals surface area contributed by atoms with Gasteiger partial charge in [0.05, 0.1) is 17.9 Å². The van der Waals surface area contributed by atoms with E-state index in [1.165, 1.54) is 47.4 Å². The van der Waals surface area contributed by atoms with Crippen LogP contribution >= 0.6 is 23.1 Å². The van der Waals surface area contributed by atoms with Gasteiger partial charge in [0.2, 0.25) is 11.8 Å². The van der Waals surface area contributed by atoms with E-state index in [9.17, 15) is 14.0 Å². The van der Waals surface area contributed by atoms with Crippen molar-refractivity contribution < 1.29 is 23.5 Å². The molecule has 0 saturated heterocycles. The van der Waals surface area contributed by atoms with Crippen molar-refractivity contribution in [1.82, 2.24) is 4.98 Å². The van der Waals surface area contributed by atoms with Gasteiger partial charge in [-0.2, -0.15) is 0 Å². The number of carbonyl (C=O) groups is 2. The molecule has 3 aromatic rings. The Balaban J connectivity index is 1.25. The summed E-state index contributed by atoms with van der Waals surface area (Å²) in [4.78, 5) is 28.8. The van der Waals surface area contributed by atoms with Crippen LogP contribution in [0.4, 0.5) is 15.8 Å². The number of nitrogens with one attached hydrogen (secondary N) is 2. The van der Waals surface area contributed by atoms with Gasteiger partial charge in [0.1, 0.15) is 19.0 Å². The van der Waals surface area contributed by atoms with Crippen LogP contribution in [0.1, 0.15) is 5.69 Å². The van der Waals surface area contributed by atoms with E-state index in [2.05, 4.69) is 15.6 Å². The molecule has 31 heavy (non-hydrogen) atoms.